The van der Waals surface area contributed by atoms with E-state index in [2.05, 4.69) is 19.9 Å². The zero-order valence-electron chi connectivity index (χ0n) is 21.9. The maximum atomic E-state index is 13.4. The lowest BCUT2D eigenvalue weighted by Crippen LogP contribution is -2.52. The molecule has 0 spiro atoms. The lowest BCUT2D eigenvalue weighted by Gasteiger charge is -2.30. The topological polar surface area (TPSA) is 118 Å². The Bertz CT molecular complexity index is 1270. The van der Waals surface area contributed by atoms with Crippen LogP contribution in [0.4, 0.5) is 0 Å². The second-order valence-electron chi connectivity index (χ2n) is 10.5. The largest absolute Gasteiger partial charge is 0.489 e. The van der Waals surface area contributed by atoms with Gasteiger partial charge in [-0.2, -0.15) is 0 Å². The Balaban J connectivity index is 1.50. The van der Waals surface area contributed by atoms with E-state index in [1.807, 2.05) is 62.4 Å². The van der Waals surface area contributed by atoms with Crippen molar-refractivity contribution in [3.63, 3.8) is 0 Å². The van der Waals surface area contributed by atoms with Crippen molar-refractivity contribution in [1.29, 1.82) is 0 Å². The van der Waals surface area contributed by atoms with Crippen LogP contribution in [-0.4, -0.2) is 39.5 Å². The van der Waals surface area contributed by atoms with Gasteiger partial charge in [-0.15, -0.1) is 0 Å². The number of nitrogens with two attached hydrogens (primary N) is 1. The van der Waals surface area contributed by atoms with Crippen LogP contribution in [0.2, 0.25) is 0 Å². The van der Waals surface area contributed by atoms with E-state index in [0.717, 1.165) is 22.2 Å². The highest BCUT2D eigenvalue weighted by molar-refractivity contribution is 5.94. The molecule has 0 radical (unpaired) electrons. The first-order chi connectivity index (χ1) is 17.6. The van der Waals surface area contributed by atoms with E-state index in [9.17, 15) is 14.8 Å². The number of carbonyl (C=O) groups excluding carboxylic acids is 2. The second-order valence-corrected chi connectivity index (χ2v) is 10.5. The Labute approximate surface area is 217 Å². The number of hydrogen-bond donors (Lipinski definition) is 3. The Morgan fingerprint density at radius 1 is 1.16 bits per heavy atom. The number of pyridine rings is 1. The van der Waals surface area contributed by atoms with Crippen LogP contribution < -0.4 is 16.0 Å². The van der Waals surface area contributed by atoms with Crippen molar-refractivity contribution in [1.82, 2.24) is 15.4 Å². The number of hydroxylamine groups is 1. The Morgan fingerprint density at radius 3 is 2.51 bits per heavy atom. The van der Waals surface area contributed by atoms with Gasteiger partial charge in [-0.05, 0) is 54.5 Å². The third-order valence-electron chi connectivity index (χ3n) is 7.05. The van der Waals surface area contributed by atoms with Gasteiger partial charge in [0.05, 0.1) is 5.52 Å². The summed E-state index contributed by atoms with van der Waals surface area (Å²) in [7, 11) is 0. The highest BCUT2D eigenvalue weighted by Gasteiger charge is 2.48. The van der Waals surface area contributed by atoms with Crippen LogP contribution >= 0.6 is 0 Å². The van der Waals surface area contributed by atoms with Gasteiger partial charge >= 0.3 is 0 Å². The minimum Gasteiger partial charge on any atom is -0.489 e. The summed E-state index contributed by atoms with van der Waals surface area (Å²) < 4.78 is 6.12. The number of nitrogens with one attached hydrogen (secondary N) is 1. The fraction of sp³-hybridized carbons (Fsp3) is 0.414. The molecule has 1 aromatic heterocycles. The molecule has 3 aromatic rings. The second kappa shape index (κ2) is 10.9. The van der Waals surface area contributed by atoms with Crippen molar-refractivity contribution in [3.05, 3.63) is 71.4 Å². The van der Waals surface area contributed by atoms with Gasteiger partial charge in [-0.1, -0.05) is 58.0 Å². The van der Waals surface area contributed by atoms with Crippen molar-refractivity contribution in [2.75, 3.05) is 6.54 Å². The number of aromatic nitrogens is 1. The molecule has 4 rings (SSSR count). The van der Waals surface area contributed by atoms with Crippen molar-refractivity contribution < 1.29 is 19.5 Å². The lowest BCUT2D eigenvalue weighted by atomic mass is 9.89. The van der Waals surface area contributed by atoms with Crippen LogP contribution in [0.3, 0.4) is 0 Å². The third kappa shape index (κ3) is 5.45. The number of amides is 2. The molecule has 4 N–H and O–H groups in total. The molecule has 1 aliphatic heterocycles. The van der Waals surface area contributed by atoms with E-state index < -0.39 is 17.5 Å². The molecule has 0 aliphatic carbocycles. The highest BCUT2D eigenvalue weighted by atomic mass is 16.5. The first kappa shape index (κ1) is 26.6. The molecule has 8 nitrogen and oxygen atoms in total. The average molecular weight is 505 g/mol. The Kier molecular flexibility index (Phi) is 7.80. The molecule has 1 saturated heterocycles. The zero-order chi connectivity index (χ0) is 26.7. The molecule has 0 bridgehead atoms. The SMILES string of the molecule is CC(C)C[C@H](C(=O)NO)N1CC[C@@](N)(c2ccc(OCc3cc(C(C)C)nc4ccccc34)cc2)C1=O. The summed E-state index contributed by atoms with van der Waals surface area (Å²) >= 11 is 0. The fourth-order valence-corrected chi connectivity index (χ4v) is 4.92. The number of carbonyl (C=O) groups is 2. The van der Waals surface area contributed by atoms with E-state index in [1.165, 1.54) is 4.90 Å². The van der Waals surface area contributed by atoms with Crippen LogP contribution in [0.1, 0.15) is 63.3 Å². The van der Waals surface area contributed by atoms with Gasteiger partial charge in [0.1, 0.15) is 23.9 Å². The van der Waals surface area contributed by atoms with Crippen LogP contribution in [0.15, 0.2) is 54.6 Å². The summed E-state index contributed by atoms with van der Waals surface area (Å²) in [4.78, 5) is 31.9. The quantitative estimate of drug-likeness (QED) is 0.296. The molecule has 0 saturated carbocycles. The van der Waals surface area contributed by atoms with Gasteiger partial charge in [0.2, 0.25) is 5.91 Å². The summed E-state index contributed by atoms with van der Waals surface area (Å²) in [6.45, 7) is 8.89. The Hall–Kier alpha value is -3.49. The van der Waals surface area contributed by atoms with Gasteiger partial charge < -0.3 is 15.4 Å². The van der Waals surface area contributed by atoms with Crippen molar-refractivity contribution >= 4 is 22.7 Å². The molecule has 2 heterocycles. The first-order valence-electron chi connectivity index (χ1n) is 12.8. The Morgan fingerprint density at radius 2 is 1.86 bits per heavy atom. The fourth-order valence-electron chi connectivity index (χ4n) is 4.92. The normalized spacial score (nSPS) is 18.6. The third-order valence-corrected chi connectivity index (χ3v) is 7.05. The maximum absolute atomic E-state index is 13.4. The van der Waals surface area contributed by atoms with E-state index in [4.69, 9.17) is 15.5 Å². The van der Waals surface area contributed by atoms with Crippen LogP contribution in [0.25, 0.3) is 10.9 Å². The molecule has 196 valence electrons. The van der Waals surface area contributed by atoms with Crippen LogP contribution in [0, 0.1) is 5.92 Å². The van der Waals surface area contributed by atoms with Gasteiger partial charge in [-0.3, -0.25) is 19.8 Å². The monoisotopic (exact) mass is 504 g/mol. The summed E-state index contributed by atoms with van der Waals surface area (Å²) in [5, 5.41) is 10.2. The van der Waals surface area contributed by atoms with E-state index in [0.29, 0.717) is 43.2 Å². The molecule has 0 unspecified atom stereocenters. The molecule has 1 fully saturated rings. The first-order valence-corrected chi connectivity index (χ1v) is 12.8. The van der Waals surface area contributed by atoms with Gasteiger partial charge in [0.25, 0.3) is 5.91 Å². The highest BCUT2D eigenvalue weighted by Crippen LogP contribution is 2.34. The van der Waals surface area contributed by atoms with Crippen molar-refractivity contribution in [2.45, 2.75) is 64.6 Å². The minimum atomic E-state index is -1.24. The van der Waals surface area contributed by atoms with Gasteiger partial charge in [0.15, 0.2) is 0 Å². The zero-order valence-corrected chi connectivity index (χ0v) is 21.9. The number of fused-ring (bicyclic) bond motifs is 1. The molecule has 8 heteroatoms. The number of hydrogen-bond acceptors (Lipinski definition) is 6. The predicted octanol–water partition coefficient (Wildman–Crippen LogP) is 4.24. The standard InChI is InChI=1S/C29H36N4O4/c1-18(2)15-26(27(34)32-36)33-14-13-29(30,28(33)35)21-9-11-22(12-10-21)37-17-20-16-25(19(3)4)31-24-8-6-5-7-23(20)24/h5-12,16,18-19,26,36H,13-15,17,30H2,1-4H3,(H,32,34)/t26-,29-/m1/s1. The van der Waals surface area contributed by atoms with E-state index in [1.54, 1.807) is 5.48 Å². The number of benzene rings is 2. The van der Waals surface area contributed by atoms with Crippen LogP contribution in [0.5, 0.6) is 5.75 Å². The maximum Gasteiger partial charge on any atom is 0.266 e. The molecule has 1 aliphatic rings. The molecule has 37 heavy (non-hydrogen) atoms. The van der Waals surface area contributed by atoms with E-state index >= 15 is 0 Å². The predicted molar refractivity (Wildman–Crippen MR) is 142 cm³/mol. The summed E-state index contributed by atoms with van der Waals surface area (Å²) in [5.41, 5.74) is 10.8. The number of likely N-dealkylation sites (tertiary alicyclic amines) is 1. The summed E-state index contributed by atoms with van der Waals surface area (Å²) in [6, 6.07) is 16.6. The number of ether oxygens (including phenoxy) is 1. The van der Waals surface area contributed by atoms with Crippen molar-refractivity contribution in [3.8, 4) is 5.75 Å². The van der Waals surface area contributed by atoms with E-state index in [-0.39, 0.29) is 11.8 Å². The number of nitrogens with zero attached hydrogens (tertiary/aromatic N) is 2. The van der Waals surface area contributed by atoms with Crippen molar-refractivity contribution in [2.24, 2.45) is 11.7 Å². The smallest absolute Gasteiger partial charge is 0.266 e. The molecular formula is C29H36N4O4. The number of para-hydroxylation sites is 1. The van der Waals surface area contributed by atoms with Gasteiger partial charge in [0, 0.05) is 23.2 Å². The average Bonchev–Trinajstić information content (AvgIpc) is 3.20. The lowest BCUT2D eigenvalue weighted by molar-refractivity contribution is -0.144. The molecule has 2 amide bonds. The summed E-state index contributed by atoms with van der Waals surface area (Å²) in [5.74, 6) is 0.210. The molecular weight excluding hydrogens is 468 g/mol. The number of rotatable bonds is 9. The molecule has 2 aromatic carbocycles. The summed E-state index contributed by atoms with van der Waals surface area (Å²) in [6.07, 6.45) is 0.809. The minimum absolute atomic E-state index is 0.161. The van der Waals surface area contributed by atoms with Gasteiger partial charge in [-0.25, -0.2) is 5.48 Å². The van der Waals surface area contributed by atoms with Crippen LogP contribution in [-0.2, 0) is 21.7 Å². The molecule has 2 atom stereocenters.